The van der Waals surface area contributed by atoms with Gasteiger partial charge in [-0.1, -0.05) is 15.9 Å². The third kappa shape index (κ3) is 3.50. The normalized spacial score (nSPS) is 10.0. The zero-order valence-corrected chi connectivity index (χ0v) is 12.4. The van der Waals surface area contributed by atoms with Crippen molar-refractivity contribution in [2.75, 3.05) is 5.32 Å². The largest absolute Gasteiger partial charge is 0.307 e. The van der Waals surface area contributed by atoms with Crippen LogP contribution < -0.4 is 5.32 Å². The molecule has 0 aliphatic rings. The highest BCUT2D eigenvalue weighted by Gasteiger charge is 2.05. The molecule has 1 heterocycles. The number of carbonyl (C=O) groups excluding carboxylic acids is 1. The van der Waals surface area contributed by atoms with Gasteiger partial charge in [-0.2, -0.15) is 0 Å². The van der Waals surface area contributed by atoms with Gasteiger partial charge in [0.1, 0.15) is 5.82 Å². The van der Waals surface area contributed by atoms with Crippen molar-refractivity contribution >= 4 is 50.2 Å². The zero-order valence-electron chi connectivity index (χ0n) is 8.65. The maximum absolute atomic E-state index is 11.8. The summed E-state index contributed by atoms with van der Waals surface area (Å²) in [5.41, 5.74) is 0.605. The summed E-state index contributed by atoms with van der Waals surface area (Å²) in [6.45, 7) is 0. The van der Waals surface area contributed by atoms with E-state index in [-0.39, 0.29) is 5.91 Å². The molecule has 2 aromatic rings. The van der Waals surface area contributed by atoms with Crippen LogP contribution in [0.5, 0.6) is 0 Å². The fourth-order valence-electron chi connectivity index (χ4n) is 1.24. The number of amides is 1. The monoisotopic (exact) mass is 402 g/mol. The van der Waals surface area contributed by atoms with Crippen LogP contribution in [0.4, 0.5) is 5.82 Å². The predicted molar refractivity (Wildman–Crippen MR) is 79.0 cm³/mol. The van der Waals surface area contributed by atoms with Crippen LogP contribution in [0, 0.1) is 3.57 Å². The Balaban J connectivity index is 2.11. The number of hydrogen-bond acceptors (Lipinski definition) is 2. The van der Waals surface area contributed by atoms with Crippen LogP contribution in [-0.2, 0) is 0 Å². The van der Waals surface area contributed by atoms with Gasteiger partial charge in [0.05, 0.1) is 0 Å². The van der Waals surface area contributed by atoms with E-state index >= 15 is 0 Å². The van der Waals surface area contributed by atoms with Crippen LogP contribution in [0.15, 0.2) is 47.1 Å². The Morgan fingerprint density at radius 1 is 1.18 bits per heavy atom. The number of benzene rings is 1. The molecule has 5 heteroatoms. The van der Waals surface area contributed by atoms with E-state index in [1.54, 1.807) is 24.4 Å². The van der Waals surface area contributed by atoms with Crippen LogP contribution in [0.25, 0.3) is 0 Å². The number of aromatic nitrogens is 1. The second-order valence-electron chi connectivity index (χ2n) is 3.32. The number of halogens is 2. The van der Waals surface area contributed by atoms with Crippen molar-refractivity contribution in [1.29, 1.82) is 0 Å². The Bertz CT molecular complexity index is 525. The van der Waals surface area contributed by atoms with E-state index in [2.05, 4.69) is 48.8 Å². The Hall–Kier alpha value is -0.950. The number of anilines is 1. The van der Waals surface area contributed by atoms with Crippen molar-refractivity contribution in [2.45, 2.75) is 0 Å². The summed E-state index contributed by atoms with van der Waals surface area (Å²) in [5.74, 6) is 0.393. The molecule has 0 saturated carbocycles. The summed E-state index contributed by atoms with van der Waals surface area (Å²) in [7, 11) is 0. The molecule has 1 aromatic carbocycles. The van der Waals surface area contributed by atoms with Crippen molar-refractivity contribution in [1.82, 2.24) is 4.98 Å². The molecular weight excluding hydrogens is 395 g/mol. The molecule has 0 radical (unpaired) electrons. The number of hydrogen-bond donors (Lipinski definition) is 1. The Labute approximate surface area is 121 Å². The molecule has 86 valence electrons. The molecule has 1 N–H and O–H groups in total. The molecule has 0 saturated heterocycles. The van der Waals surface area contributed by atoms with Crippen molar-refractivity contribution in [3.05, 3.63) is 56.2 Å². The summed E-state index contributed by atoms with van der Waals surface area (Å²) < 4.78 is 1.98. The number of pyridine rings is 1. The smallest absolute Gasteiger partial charge is 0.256 e. The van der Waals surface area contributed by atoms with E-state index in [4.69, 9.17) is 0 Å². The molecule has 0 unspecified atom stereocenters. The standard InChI is InChI=1S/C12H8BrIN2O/c13-9-3-1-8(2-4-9)12(17)16-11-6-5-10(14)7-15-11/h1-7H,(H,15,16,17). The second kappa shape index (κ2) is 5.59. The highest BCUT2D eigenvalue weighted by Crippen LogP contribution is 2.12. The van der Waals surface area contributed by atoms with Gasteiger partial charge in [0.15, 0.2) is 0 Å². The fourth-order valence-corrected chi connectivity index (χ4v) is 1.82. The lowest BCUT2D eigenvalue weighted by molar-refractivity contribution is 0.102. The lowest BCUT2D eigenvalue weighted by Crippen LogP contribution is -2.12. The molecule has 0 aliphatic heterocycles. The van der Waals surface area contributed by atoms with Gasteiger partial charge < -0.3 is 5.32 Å². The van der Waals surface area contributed by atoms with Gasteiger partial charge in [-0.15, -0.1) is 0 Å². The number of carbonyl (C=O) groups is 1. The van der Waals surface area contributed by atoms with Crippen LogP contribution in [0.1, 0.15) is 10.4 Å². The summed E-state index contributed by atoms with van der Waals surface area (Å²) in [6.07, 6.45) is 1.71. The quantitative estimate of drug-likeness (QED) is 0.778. The summed E-state index contributed by atoms with van der Waals surface area (Å²) >= 11 is 5.49. The van der Waals surface area contributed by atoms with E-state index in [9.17, 15) is 4.79 Å². The number of rotatable bonds is 2. The minimum absolute atomic E-state index is 0.161. The van der Waals surface area contributed by atoms with Gasteiger partial charge in [-0.05, 0) is 59.0 Å². The molecule has 3 nitrogen and oxygen atoms in total. The van der Waals surface area contributed by atoms with Gasteiger partial charge in [0, 0.05) is 19.8 Å². The fraction of sp³-hybridized carbons (Fsp3) is 0. The Morgan fingerprint density at radius 3 is 2.47 bits per heavy atom. The van der Waals surface area contributed by atoms with Crippen molar-refractivity contribution < 1.29 is 4.79 Å². The zero-order chi connectivity index (χ0) is 12.3. The molecule has 2 rings (SSSR count). The van der Waals surface area contributed by atoms with E-state index in [1.165, 1.54) is 0 Å². The van der Waals surface area contributed by atoms with Gasteiger partial charge >= 0.3 is 0 Å². The van der Waals surface area contributed by atoms with E-state index in [0.29, 0.717) is 11.4 Å². The minimum atomic E-state index is -0.161. The predicted octanol–water partition coefficient (Wildman–Crippen LogP) is 3.70. The van der Waals surface area contributed by atoms with E-state index in [0.717, 1.165) is 8.04 Å². The van der Waals surface area contributed by atoms with Crippen LogP contribution in [0.3, 0.4) is 0 Å². The highest BCUT2D eigenvalue weighted by atomic mass is 127. The van der Waals surface area contributed by atoms with E-state index < -0.39 is 0 Å². The molecule has 0 aliphatic carbocycles. The topological polar surface area (TPSA) is 42.0 Å². The molecule has 0 spiro atoms. The molecule has 17 heavy (non-hydrogen) atoms. The number of nitrogens with zero attached hydrogens (tertiary/aromatic N) is 1. The third-order valence-electron chi connectivity index (χ3n) is 2.08. The van der Waals surface area contributed by atoms with Gasteiger partial charge in [-0.25, -0.2) is 4.98 Å². The van der Waals surface area contributed by atoms with Crippen molar-refractivity contribution in [3.63, 3.8) is 0 Å². The summed E-state index contributed by atoms with van der Waals surface area (Å²) in [4.78, 5) is 16.0. The van der Waals surface area contributed by atoms with Crippen LogP contribution in [-0.4, -0.2) is 10.9 Å². The van der Waals surface area contributed by atoms with E-state index in [1.807, 2.05) is 18.2 Å². The SMILES string of the molecule is O=C(Nc1ccc(I)cn1)c1ccc(Br)cc1. The number of nitrogens with one attached hydrogen (secondary N) is 1. The molecular formula is C12H8BrIN2O. The van der Waals surface area contributed by atoms with Crippen LogP contribution in [0.2, 0.25) is 0 Å². The third-order valence-corrected chi connectivity index (χ3v) is 3.24. The van der Waals surface area contributed by atoms with Gasteiger partial charge in [0.2, 0.25) is 0 Å². The van der Waals surface area contributed by atoms with Gasteiger partial charge in [-0.3, -0.25) is 4.79 Å². The first kappa shape index (κ1) is 12.5. The maximum Gasteiger partial charge on any atom is 0.256 e. The highest BCUT2D eigenvalue weighted by molar-refractivity contribution is 14.1. The molecule has 1 aromatic heterocycles. The maximum atomic E-state index is 11.8. The average molecular weight is 403 g/mol. The summed E-state index contributed by atoms with van der Waals surface area (Å²) in [6, 6.07) is 10.8. The lowest BCUT2D eigenvalue weighted by Gasteiger charge is -2.04. The van der Waals surface area contributed by atoms with Crippen LogP contribution >= 0.6 is 38.5 Å². The van der Waals surface area contributed by atoms with Crippen molar-refractivity contribution in [2.24, 2.45) is 0 Å². The average Bonchev–Trinajstić information content (AvgIpc) is 2.33. The first-order chi connectivity index (χ1) is 8.15. The Kier molecular flexibility index (Phi) is 4.11. The first-order valence-corrected chi connectivity index (χ1v) is 6.71. The molecule has 0 bridgehead atoms. The summed E-state index contributed by atoms with van der Waals surface area (Å²) in [5, 5.41) is 2.74. The first-order valence-electron chi connectivity index (χ1n) is 4.83. The molecule has 0 atom stereocenters. The van der Waals surface area contributed by atoms with Gasteiger partial charge in [0.25, 0.3) is 5.91 Å². The van der Waals surface area contributed by atoms with Crippen molar-refractivity contribution in [3.8, 4) is 0 Å². The second-order valence-corrected chi connectivity index (χ2v) is 5.48. The molecule has 0 fully saturated rings. The Morgan fingerprint density at radius 2 is 1.88 bits per heavy atom. The molecule has 1 amide bonds. The minimum Gasteiger partial charge on any atom is -0.307 e. The lowest BCUT2D eigenvalue weighted by atomic mass is 10.2.